The standard InChI is InChI=1S/C23H26N4O3S/c28-23(7-4-16-31(29,30)20-5-2-1-3-6-20)27-14-11-18(12-15-27)21-9-8-19(17-24-21)22-10-13-25-26-22/h1-3,5-6,8-10,13,17-18H,4,7,11-12,14-16H2,(H,25,26). The maximum absolute atomic E-state index is 12.5. The molecule has 1 aliphatic heterocycles. The summed E-state index contributed by atoms with van der Waals surface area (Å²) in [7, 11) is -3.34. The van der Waals surface area contributed by atoms with Gasteiger partial charge >= 0.3 is 0 Å². The third-order valence-electron chi connectivity index (χ3n) is 5.77. The number of amides is 1. The first-order valence-corrected chi connectivity index (χ1v) is 12.2. The highest BCUT2D eigenvalue weighted by Gasteiger charge is 2.25. The number of likely N-dealkylation sites (tertiary alicyclic amines) is 1. The lowest BCUT2D eigenvalue weighted by Gasteiger charge is -2.32. The lowest BCUT2D eigenvalue weighted by atomic mass is 9.92. The smallest absolute Gasteiger partial charge is 0.222 e. The van der Waals surface area contributed by atoms with Crippen molar-refractivity contribution in [1.82, 2.24) is 20.1 Å². The van der Waals surface area contributed by atoms with Crippen LogP contribution in [0.5, 0.6) is 0 Å². The van der Waals surface area contributed by atoms with Gasteiger partial charge in [-0.2, -0.15) is 5.10 Å². The van der Waals surface area contributed by atoms with Crippen LogP contribution >= 0.6 is 0 Å². The van der Waals surface area contributed by atoms with Gasteiger partial charge in [0.1, 0.15) is 0 Å². The molecule has 1 saturated heterocycles. The molecule has 31 heavy (non-hydrogen) atoms. The van der Waals surface area contributed by atoms with Gasteiger partial charge in [0.2, 0.25) is 5.91 Å². The second kappa shape index (κ2) is 9.43. The fraction of sp³-hybridized carbons (Fsp3) is 0.348. The fourth-order valence-corrected chi connectivity index (χ4v) is 5.30. The van der Waals surface area contributed by atoms with E-state index in [1.807, 2.05) is 29.3 Å². The Morgan fingerprint density at radius 1 is 1.06 bits per heavy atom. The van der Waals surface area contributed by atoms with Gasteiger partial charge < -0.3 is 4.90 Å². The molecule has 0 bridgehead atoms. The molecule has 0 aliphatic carbocycles. The van der Waals surface area contributed by atoms with Gasteiger partial charge in [-0.25, -0.2) is 8.42 Å². The van der Waals surface area contributed by atoms with Crippen LogP contribution in [-0.4, -0.2) is 53.2 Å². The molecule has 1 aliphatic rings. The Balaban J connectivity index is 1.24. The topological polar surface area (TPSA) is 96.0 Å². The summed E-state index contributed by atoms with van der Waals surface area (Å²) in [5.41, 5.74) is 2.98. The van der Waals surface area contributed by atoms with E-state index in [1.54, 1.807) is 36.5 Å². The third kappa shape index (κ3) is 5.19. The summed E-state index contributed by atoms with van der Waals surface area (Å²) >= 11 is 0. The molecule has 3 aromatic rings. The van der Waals surface area contributed by atoms with Gasteiger partial charge in [-0.1, -0.05) is 18.2 Å². The summed E-state index contributed by atoms with van der Waals surface area (Å²) in [5, 5.41) is 6.90. The number of pyridine rings is 1. The van der Waals surface area contributed by atoms with Crippen molar-refractivity contribution >= 4 is 15.7 Å². The Bertz CT molecular complexity index is 1090. The molecule has 4 rings (SSSR count). The Morgan fingerprint density at radius 3 is 2.48 bits per heavy atom. The van der Waals surface area contributed by atoms with E-state index in [4.69, 9.17) is 0 Å². The fourth-order valence-electron chi connectivity index (χ4n) is 3.96. The predicted molar refractivity (Wildman–Crippen MR) is 118 cm³/mol. The van der Waals surface area contributed by atoms with Gasteiger partial charge in [0.25, 0.3) is 0 Å². The van der Waals surface area contributed by atoms with Crippen molar-refractivity contribution in [3.05, 3.63) is 66.6 Å². The number of aromatic amines is 1. The molecule has 2 aromatic heterocycles. The van der Waals surface area contributed by atoms with Crippen molar-refractivity contribution in [2.24, 2.45) is 0 Å². The summed E-state index contributed by atoms with van der Waals surface area (Å²) < 4.78 is 24.7. The number of rotatable bonds is 7. The number of piperidine rings is 1. The number of benzene rings is 1. The van der Waals surface area contributed by atoms with Gasteiger partial charge in [0.05, 0.1) is 16.3 Å². The van der Waals surface area contributed by atoms with E-state index in [-0.39, 0.29) is 18.1 Å². The number of nitrogens with one attached hydrogen (secondary N) is 1. The van der Waals surface area contributed by atoms with Crippen LogP contribution in [0.25, 0.3) is 11.3 Å². The number of nitrogens with zero attached hydrogens (tertiary/aromatic N) is 3. The molecule has 0 unspecified atom stereocenters. The molecule has 1 aromatic carbocycles. The lowest BCUT2D eigenvalue weighted by Crippen LogP contribution is -2.38. The average Bonchev–Trinajstić information content (AvgIpc) is 3.35. The number of aromatic nitrogens is 3. The minimum Gasteiger partial charge on any atom is -0.343 e. The summed E-state index contributed by atoms with van der Waals surface area (Å²) in [6.07, 6.45) is 5.90. The van der Waals surface area contributed by atoms with Crippen LogP contribution in [0.15, 0.2) is 65.8 Å². The van der Waals surface area contributed by atoms with Crippen LogP contribution in [0.4, 0.5) is 0 Å². The molecule has 0 atom stereocenters. The van der Waals surface area contributed by atoms with Crippen molar-refractivity contribution in [3.63, 3.8) is 0 Å². The SMILES string of the molecule is O=C(CCCS(=O)(=O)c1ccccc1)N1CCC(c2ccc(-c3ccn[nH]3)cn2)CC1. The zero-order valence-corrected chi connectivity index (χ0v) is 18.1. The summed E-state index contributed by atoms with van der Waals surface area (Å²) in [5.74, 6) is 0.355. The van der Waals surface area contributed by atoms with E-state index < -0.39 is 9.84 Å². The van der Waals surface area contributed by atoms with Crippen molar-refractivity contribution in [3.8, 4) is 11.3 Å². The molecule has 162 valence electrons. The maximum Gasteiger partial charge on any atom is 0.222 e. The van der Waals surface area contributed by atoms with E-state index in [0.29, 0.717) is 30.3 Å². The van der Waals surface area contributed by atoms with Crippen molar-refractivity contribution < 1.29 is 13.2 Å². The second-order valence-corrected chi connectivity index (χ2v) is 9.94. The van der Waals surface area contributed by atoms with Gasteiger partial charge in [0, 0.05) is 49.1 Å². The Labute approximate surface area is 182 Å². The third-order valence-corrected chi connectivity index (χ3v) is 7.59. The van der Waals surface area contributed by atoms with Gasteiger partial charge in [-0.15, -0.1) is 0 Å². The second-order valence-electron chi connectivity index (χ2n) is 7.83. The molecule has 0 radical (unpaired) electrons. The molecule has 3 heterocycles. The molecular formula is C23H26N4O3S. The zero-order valence-electron chi connectivity index (χ0n) is 17.3. The predicted octanol–water partition coefficient (Wildman–Crippen LogP) is 3.43. The van der Waals surface area contributed by atoms with Crippen LogP contribution < -0.4 is 0 Å². The zero-order chi connectivity index (χ0) is 21.7. The first-order valence-electron chi connectivity index (χ1n) is 10.5. The van der Waals surface area contributed by atoms with Crippen LogP contribution in [0.1, 0.15) is 37.3 Å². The Morgan fingerprint density at radius 2 is 1.84 bits per heavy atom. The van der Waals surface area contributed by atoms with Crippen LogP contribution in [-0.2, 0) is 14.6 Å². The van der Waals surface area contributed by atoms with Crippen LogP contribution in [0.2, 0.25) is 0 Å². The molecule has 7 nitrogen and oxygen atoms in total. The average molecular weight is 439 g/mol. The summed E-state index contributed by atoms with van der Waals surface area (Å²) in [4.78, 5) is 19.3. The molecule has 1 amide bonds. The van der Waals surface area contributed by atoms with E-state index in [0.717, 1.165) is 29.8 Å². The molecule has 8 heteroatoms. The highest BCUT2D eigenvalue weighted by molar-refractivity contribution is 7.91. The lowest BCUT2D eigenvalue weighted by molar-refractivity contribution is -0.132. The maximum atomic E-state index is 12.5. The van der Waals surface area contributed by atoms with Gasteiger partial charge in [-0.3, -0.25) is 14.9 Å². The number of H-pyrrole nitrogens is 1. The van der Waals surface area contributed by atoms with E-state index in [1.165, 1.54) is 0 Å². The van der Waals surface area contributed by atoms with Crippen molar-refractivity contribution in [1.29, 1.82) is 0 Å². The summed E-state index contributed by atoms with van der Waals surface area (Å²) in [6, 6.07) is 14.4. The van der Waals surface area contributed by atoms with E-state index in [2.05, 4.69) is 15.2 Å². The largest absolute Gasteiger partial charge is 0.343 e. The van der Waals surface area contributed by atoms with Crippen molar-refractivity contribution in [2.75, 3.05) is 18.8 Å². The highest BCUT2D eigenvalue weighted by atomic mass is 32.2. The van der Waals surface area contributed by atoms with E-state index in [9.17, 15) is 13.2 Å². The molecule has 1 fully saturated rings. The first-order chi connectivity index (χ1) is 15.0. The molecule has 1 N–H and O–H groups in total. The first kappa shape index (κ1) is 21.2. The van der Waals surface area contributed by atoms with Crippen molar-refractivity contribution in [2.45, 2.75) is 36.5 Å². The number of carbonyl (C=O) groups is 1. The minimum absolute atomic E-state index is 0.00812. The van der Waals surface area contributed by atoms with Gasteiger partial charge in [0.15, 0.2) is 9.84 Å². The highest BCUT2D eigenvalue weighted by Crippen LogP contribution is 2.28. The minimum atomic E-state index is -3.34. The number of carbonyl (C=O) groups excluding carboxylic acids is 1. The summed E-state index contributed by atoms with van der Waals surface area (Å²) in [6.45, 7) is 1.36. The molecule has 0 saturated carbocycles. The number of sulfone groups is 1. The molecule has 0 spiro atoms. The van der Waals surface area contributed by atoms with Gasteiger partial charge in [-0.05, 0) is 49.6 Å². The van der Waals surface area contributed by atoms with Crippen LogP contribution in [0, 0.1) is 0 Å². The quantitative estimate of drug-likeness (QED) is 0.610. The monoisotopic (exact) mass is 438 g/mol. The Kier molecular flexibility index (Phi) is 6.46. The normalized spacial score (nSPS) is 15.2. The molecular weight excluding hydrogens is 412 g/mol. The van der Waals surface area contributed by atoms with Crippen LogP contribution in [0.3, 0.4) is 0 Å². The Hall–Kier alpha value is -3.00. The number of hydrogen-bond acceptors (Lipinski definition) is 5. The van der Waals surface area contributed by atoms with E-state index >= 15 is 0 Å². The number of hydrogen-bond donors (Lipinski definition) is 1.